The number of ether oxygens (including phenoxy) is 1. The number of carbonyl (C=O) groups is 2. The number of nitriles is 1. The standard InChI is InChI=1S/C29H34N10O3/c1-6-23(40)39-14-13-38(16-19(39)9-11-30)28-26-27(33-29(34-28)31-12-10-24(41)36(3)4)37(5)22(17-42-26)25-18(2)7-8-21-20(25)15-32-35-21/h1,7-8,15,19,22H,9-10,12-14,16-17H2,2-5H3,(H,32,35)(H,31,33,34)/t19-,22?/m0/s1. The molecule has 1 aromatic carbocycles. The van der Waals surface area contributed by atoms with Gasteiger partial charge < -0.3 is 29.7 Å². The van der Waals surface area contributed by atoms with E-state index in [2.05, 4.69) is 45.4 Å². The third-order valence-corrected chi connectivity index (χ3v) is 7.85. The lowest BCUT2D eigenvalue weighted by Gasteiger charge is -2.42. The highest BCUT2D eigenvalue weighted by Gasteiger charge is 2.37. The first-order chi connectivity index (χ1) is 20.2. The van der Waals surface area contributed by atoms with Gasteiger partial charge in [-0.1, -0.05) is 6.07 Å². The predicted octanol–water partition coefficient (Wildman–Crippen LogP) is 1.69. The number of rotatable bonds is 7. The van der Waals surface area contributed by atoms with Gasteiger partial charge in [0.15, 0.2) is 11.6 Å². The second kappa shape index (κ2) is 11.8. The molecule has 0 spiro atoms. The second-order valence-corrected chi connectivity index (χ2v) is 10.7. The number of nitrogens with one attached hydrogen (secondary N) is 2. The summed E-state index contributed by atoms with van der Waals surface area (Å²) < 4.78 is 6.44. The first-order valence-corrected chi connectivity index (χ1v) is 13.8. The van der Waals surface area contributed by atoms with Crippen LogP contribution >= 0.6 is 0 Å². The van der Waals surface area contributed by atoms with Crippen LogP contribution in [0.2, 0.25) is 0 Å². The van der Waals surface area contributed by atoms with Gasteiger partial charge in [0.2, 0.25) is 17.6 Å². The maximum atomic E-state index is 12.4. The molecule has 2 aliphatic rings. The lowest BCUT2D eigenvalue weighted by Crippen LogP contribution is -2.55. The SMILES string of the molecule is C#CC(=O)N1CCN(c2nc(NCCC(=O)N(C)C)nc3c2OCC(c2c(C)ccc4[nH]ncc24)N3C)C[C@@H]1CC#N. The molecule has 0 aliphatic carbocycles. The van der Waals surface area contributed by atoms with Gasteiger partial charge in [0.05, 0.1) is 36.3 Å². The zero-order valence-corrected chi connectivity index (χ0v) is 24.2. The topological polar surface area (TPSA) is 147 Å². The molecule has 2 N–H and O–H groups in total. The van der Waals surface area contributed by atoms with E-state index < -0.39 is 11.9 Å². The number of carbonyl (C=O) groups excluding carboxylic acids is 2. The van der Waals surface area contributed by atoms with E-state index in [0.717, 1.165) is 22.0 Å². The quantitative estimate of drug-likeness (QED) is 0.402. The van der Waals surface area contributed by atoms with E-state index in [1.54, 1.807) is 19.0 Å². The van der Waals surface area contributed by atoms with Crippen molar-refractivity contribution >= 4 is 40.3 Å². The molecule has 0 radical (unpaired) electrons. The zero-order valence-electron chi connectivity index (χ0n) is 24.2. The van der Waals surface area contributed by atoms with Crippen LogP contribution in [-0.4, -0.2) is 102 Å². The predicted molar refractivity (Wildman–Crippen MR) is 158 cm³/mol. The van der Waals surface area contributed by atoms with Crippen molar-refractivity contribution in [2.45, 2.75) is 31.8 Å². The number of aromatic amines is 1. The number of aromatic nitrogens is 4. The van der Waals surface area contributed by atoms with E-state index in [4.69, 9.17) is 21.1 Å². The van der Waals surface area contributed by atoms with Crippen LogP contribution < -0.4 is 19.9 Å². The summed E-state index contributed by atoms with van der Waals surface area (Å²) in [6, 6.07) is 5.69. The van der Waals surface area contributed by atoms with Crippen molar-refractivity contribution in [1.82, 2.24) is 30.0 Å². The van der Waals surface area contributed by atoms with E-state index in [-0.39, 0.29) is 24.8 Å². The summed E-state index contributed by atoms with van der Waals surface area (Å²) in [6.45, 7) is 3.91. The fraction of sp³-hybridized carbons (Fsp3) is 0.448. The number of anilines is 3. The number of fused-ring (bicyclic) bond motifs is 2. The minimum atomic E-state index is -0.435. The molecule has 13 heteroatoms. The number of hydrogen-bond acceptors (Lipinski definition) is 10. The number of H-pyrrole nitrogens is 1. The van der Waals surface area contributed by atoms with Gasteiger partial charge in [0.25, 0.3) is 5.91 Å². The molecule has 1 fully saturated rings. The van der Waals surface area contributed by atoms with Crippen LogP contribution in [-0.2, 0) is 9.59 Å². The monoisotopic (exact) mass is 570 g/mol. The van der Waals surface area contributed by atoms with Gasteiger partial charge in [-0.15, -0.1) is 6.42 Å². The first kappa shape index (κ1) is 28.5. The Labute approximate surface area is 244 Å². The van der Waals surface area contributed by atoms with Crippen LogP contribution in [0.1, 0.15) is 30.0 Å². The molecule has 42 heavy (non-hydrogen) atoms. The van der Waals surface area contributed by atoms with Gasteiger partial charge in [-0.05, 0) is 30.0 Å². The van der Waals surface area contributed by atoms with Gasteiger partial charge in [-0.2, -0.15) is 20.3 Å². The number of aryl methyl sites for hydroxylation is 1. The van der Waals surface area contributed by atoms with Crippen molar-refractivity contribution in [1.29, 1.82) is 5.26 Å². The van der Waals surface area contributed by atoms with E-state index in [1.165, 1.54) is 4.90 Å². The summed E-state index contributed by atoms with van der Waals surface area (Å²) >= 11 is 0. The zero-order chi connectivity index (χ0) is 30.0. The second-order valence-electron chi connectivity index (χ2n) is 10.7. The molecule has 2 atom stereocenters. The number of hydrogen-bond donors (Lipinski definition) is 2. The highest BCUT2D eigenvalue weighted by atomic mass is 16.5. The van der Waals surface area contributed by atoms with Crippen LogP contribution in [0.25, 0.3) is 10.9 Å². The molecule has 2 amide bonds. The maximum Gasteiger partial charge on any atom is 0.298 e. The van der Waals surface area contributed by atoms with Gasteiger partial charge in [-0.25, -0.2) is 0 Å². The van der Waals surface area contributed by atoms with Crippen LogP contribution in [0, 0.1) is 30.6 Å². The van der Waals surface area contributed by atoms with Crippen LogP contribution in [0.4, 0.5) is 17.6 Å². The number of amides is 2. The fourth-order valence-electron chi connectivity index (χ4n) is 5.56. The molecule has 0 saturated carbocycles. The Kier molecular flexibility index (Phi) is 8.02. The van der Waals surface area contributed by atoms with Gasteiger partial charge >= 0.3 is 0 Å². The van der Waals surface area contributed by atoms with E-state index in [0.29, 0.717) is 56.1 Å². The van der Waals surface area contributed by atoms with E-state index in [1.807, 2.05) is 24.2 Å². The minimum Gasteiger partial charge on any atom is -0.484 e. The number of piperazine rings is 1. The molecule has 218 valence electrons. The Hall–Kier alpha value is -5.04. The van der Waals surface area contributed by atoms with Crippen molar-refractivity contribution in [3.05, 3.63) is 29.5 Å². The lowest BCUT2D eigenvalue weighted by molar-refractivity contribution is -0.128. The van der Waals surface area contributed by atoms with E-state index >= 15 is 0 Å². The summed E-state index contributed by atoms with van der Waals surface area (Å²) in [5.74, 6) is 3.74. The molecular weight excluding hydrogens is 536 g/mol. The van der Waals surface area contributed by atoms with Crippen molar-refractivity contribution in [3.63, 3.8) is 0 Å². The summed E-state index contributed by atoms with van der Waals surface area (Å²) in [7, 11) is 5.41. The van der Waals surface area contributed by atoms with Crippen LogP contribution in [0.15, 0.2) is 18.3 Å². The Morgan fingerprint density at radius 2 is 2.05 bits per heavy atom. The van der Waals surface area contributed by atoms with Crippen molar-refractivity contribution in [2.75, 3.05) is 69.0 Å². The molecule has 1 saturated heterocycles. The van der Waals surface area contributed by atoms with Gasteiger partial charge in [-0.3, -0.25) is 14.7 Å². The number of terminal acetylenes is 1. The van der Waals surface area contributed by atoms with Crippen molar-refractivity contribution in [3.8, 4) is 24.2 Å². The summed E-state index contributed by atoms with van der Waals surface area (Å²) in [6.07, 6.45) is 7.63. The molecule has 4 heterocycles. The number of benzene rings is 1. The molecule has 1 unspecified atom stereocenters. The molecule has 0 bridgehead atoms. The maximum absolute atomic E-state index is 12.4. The van der Waals surface area contributed by atoms with Gasteiger partial charge in [0, 0.05) is 59.1 Å². The Balaban J connectivity index is 1.52. The Bertz CT molecular complexity index is 1590. The fourth-order valence-corrected chi connectivity index (χ4v) is 5.56. The number of likely N-dealkylation sites (N-methyl/N-ethyl adjacent to an activating group) is 1. The first-order valence-electron chi connectivity index (χ1n) is 13.8. The average molecular weight is 571 g/mol. The van der Waals surface area contributed by atoms with E-state index in [9.17, 15) is 14.9 Å². The minimum absolute atomic E-state index is 0.0153. The molecule has 3 aromatic rings. The molecule has 2 aromatic heterocycles. The molecule has 5 rings (SSSR count). The average Bonchev–Trinajstić information content (AvgIpc) is 3.46. The van der Waals surface area contributed by atoms with Gasteiger partial charge in [0.1, 0.15) is 6.61 Å². The van der Waals surface area contributed by atoms with Crippen LogP contribution in [0.5, 0.6) is 5.75 Å². The lowest BCUT2D eigenvalue weighted by atomic mass is 9.96. The largest absolute Gasteiger partial charge is 0.484 e. The molecule has 13 nitrogen and oxygen atoms in total. The summed E-state index contributed by atoms with van der Waals surface area (Å²) in [4.78, 5) is 41.4. The third kappa shape index (κ3) is 5.33. The Morgan fingerprint density at radius 3 is 2.79 bits per heavy atom. The highest BCUT2D eigenvalue weighted by molar-refractivity contribution is 5.93. The smallest absolute Gasteiger partial charge is 0.298 e. The van der Waals surface area contributed by atoms with Crippen molar-refractivity contribution in [2.24, 2.45) is 0 Å². The molecular formula is C29H34N10O3. The highest BCUT2D eigenvalue weighted by Crippen LogP contribution is 2.45. The summed E-state index contributed by atoms with van der Waals surface area (Å²) in [5.41, 5.74) is 3.14. The van der Waals surface area contributed by atoms with Crippen LogP contribution in [0.3, 0.4) is 0 Å². The normalized spacial score (nSPS) is 18.1. The Morgan fingerprint density at radius 1 is 1.26 bits per heavy atom. The third-order valence-electron chi connectivity index (χ3n) is 7.85. The summed E-state index contributed by atoms with van der Waals surface area (Å²) in [5, 5.41) is 21.0. The number of nitrogens with zero attached hydrogens (tertiary/aromatic N) is 8. The van der Waals surface area contributed by atoms with Crippen molar-refractivity contribution < 1.29 is 14.3 Å². The molecule has 2 aliphatic heterocycles.